The van der Waals surface area contributed by atoms with E-state index in [0.717, 1.165) is 6.07 Å². The van der Waals surface area contributed by atoms with Crippen molar-refractivity contribution in [3.63, 3.8) is 0 Å². The van der Waals surface area contributed by atoms with Crippen LogP contribution in [0.25, 0.3) is 0 Å². The van der Waals surface area contributed by atoms with Crippen molar-refractivity contribution in [3.05, 3.63) is 98.5 Å². The van der Waals surface area contributed by atoms with Crippen molar-refractivity contribution in [2.45, 2.75) is 0 Å². The van der Waals surface area contributed by atoms with E-state index in [1.165, 1.54) is 18.2 Å². The van der Waals surface area contributed by atoms with Gasteiger partial charge in [0.2, 0.25) is 0 Å². The average Bonchev–Trinajstić information content (AvgIpc) is 2.77. The highest BCUT2D eigenvalue weighted by Crippen LogP contribution is 2.20. The van der Waals surface area contributed by atoms with E-state index in [1.807, 2.05) is 0 Å². The van der Waals surface area contributed by atoms with Crippen LogP contribution in [0.2, 0.25) is 0 Å². The van der Waals surface area contributed by atoms with Crippen LogP contribution >= 0.6 is 15.9 Å². The number of anilines is 1. The maximum absolute atomic E-state index is 12.1. The van der Waals surface area contributed by atoms with Gasteiger partial charge in [-0.15, -0.1) is 10.2 Å². The van der Waals surface area contributed by atoms with Crippen molar-refractivity contribution < 1.29 is 19.3 Å². The first-order valence-electron chi connectivity index (χ1n) is 8.46. The first-order chi connectivity index (χ1) is 14.4. The van der Waals surface area contributed by atoms with Crippen molar-refractivity contribution in [1.29, 1.82) is 0 Å². The van der Waals surface area contributed by atoms with Gasteiger partial charge in [-0.25, -0.2) is 10.3 Å². The fraction of sp³-hybridized carbons (Fsp3) is 0. The van der Waals surface area contributed by atoms with Crippen molar-refractivity contribution in [3.8, 4) is 0 Å². The zero-order valence-corrected chi connectivity index (χ0v) is 16.8. The Labute approximate surface area is 178 Å². The molecule has 3 rings (SSSR count). The third kappa shape index (κ3) is 5.32. The number of nitro benzene ring substituents is 1. The molecule has 3 aromatic carbocycles. The molecule has 1 N–H and O–H groups in total. The molecule has 150 valence electrons. The molecule has 0 aromatic heterocycles. The molecule has 0 heterocycles. The van der Waals surface area contributed by atoms with Crippen molar-refractivity contribution >= 4 is 44.9 Å². The lowest BCUT2D eigenvalue weighted by atomic mass is 10.2. The molecule has 0 unspecified atom stereocenters. The number of nitrogens with one attached hydrogen (secondary N) is 1. The molecule has 0 fully saturated rings. The number of carbonyl (C=O) groups is 2. The first-order valence-corrected chi connectivity index (χ1v) is 9.25. The molecule has 0 aliphatic rings. The number of hydrogen-bond acceptors (Lipinski definition) is 7. The van der Waals surface area contributed by atoms with E-state index in [0.29, 0.717) is 21.4 Å². The van der Waals surface area contributed by atoms with Crippen LogP contribution in [0.3, 0.4) is 0 Å². The van der Waals surface area contributed by atoms with Gasteiger partial charge in [-0.2, -0.15) is 0 Å². The molecule has 0 bridgehead atoms. The summed E-state index contributed by atoms with van der Waals surface area (Å²) in [5, 5.41) is 18.4. The standard InChI is InChI=1S/C20H13BrN4O5/c21-18-7-2-1-6-17(18)19(26)23-22-14-8-10-15(11-9-14)24-30-20(27)13-4-3-5-16(12-13)25(28)29/h1-12,24H. The van der Waals surface area contributed by atoms with Crippen LogP contribution in [0.1, 0.15) is 20.7 Å². The summed E-state index contributed by atoms with van der Waals surface area (Å²) in [7, 11) is 0. The van der Waals surface area contributed by atoms with E-state index in [1.54, 1.807) is 48.5 Å². The van der Waals surface area contributed by atoms with E-state index in [-0.39, 0.29) is 11.3 Å². The van der Waals surface area contributed by atoms with Gasteiger partial charge in [-0.05, 0) is 58.4 Å². The van der Waals surface area contributed by atoms with Gasteiger partial charge in [-0.1, -0.05) is 18.2 Å². The molecule has 0 saturated carbocycles. The number of non-ortho nitro benzene ring substituents is 1. The molecule has 0 atom stereocenters. The molecule has 0 aliphatic heterocycles. The summed E-state index contributed by atoms with van der Waals surface area (Å²) in [5.74, 6) is -1.27. The van der Waals surface area contributed by atoms with Crippen molar-refractivity contribution in [2.24, 2.45) is 10.2 Å². The fourth-order valence-electron chi connectivity index (χ4n) is 2.30. The number of hydrogen-bond donors (Lipinski definition) is 1. The highest BCUT2D eigenvalue weighted by atomic mass is 79.9. The summed E-state index contributed by atoms with van der Waals surface area (Å²) in [4.78, 5) is 39.2. The minimum absolute atomic E-state index is 0.0349. The highest BCUT2D eigenvalue weighted by Gasteiger charge is 2.13. The fourth-order valence-corrected chi connectivity index (χ4v) is 2.75. The second-order valence-corrected chi connectivity index (χ2v) is 6.69. The number of amides is 1. The second kappa shape index (κ2) is 9.52. The van der Waals surface area contributed by atoms with Crippen LogP contribution in [0.4, 0.5) is 17.1 Å². The minimum Gasteiger partial charge on any atom is -0.338 e. The second-order valence-electron chi connectivity index (χ2n) is 5.83. The molecule has 0 radical (unpaired) electrons. The van der Waals surface area contributed by atoms with E-state index in [9.17, 15) is 19.7 Å². The summed E-state index contributed by atoms with van der Waals surface area (Å²) in [6.07, 6.45) is 0. The van der Waals surface area contributed by atoms with Crippen molar-refractivity contribution in [1.82, 2.24) is 0 Å². The maximum Gasteiger partial charge on any atom is 0.363 e. The Morgan fingerprint density at radius 3 is 2.43 bits per heavy atom. The summed E-state index contributed by atoms with van der Waals surface area (Å²) in [5.41, 5.74) is 3.53. The van der Waals surface area contributed by atoms with Gasteiger partial charge in [0, 0.05) is 16.6 Å². The van der Waals surface area contributed by atoms with Gasteiger partial charge >= 0.3 is 5.97 Å². The molecule has 9 nitrogen and oxygen atoms in total. The van der Waals surface area contributed by atoms with Crippen LogP contribution in [-0.4, -0.2) is 16.8 Å². The normalized spacial score (nSPS) is 10.6. The van der Waals surface area contributed by atoms with E-state index in [4.69, 9.17) is 4.84 Å². The SMILES string of the molecule is O=C(ONc1ccc(N=NC(=O)c2ccccc2Br)cc1)c1cccc([N+](=O)[O-])c1. The molecule has 0 spiro atoms. The lowest BCUT2D eigenvalue weighted by Crippen LogP contribution is -2.10. The lowest BCUT2D eigenvalue weighted by molar-refractivity contribution is -0.384. The van der Waals surface area contributed by atoms with Crippen LogP contribution in [0.5, 0.6) is 0 Å². The number of benzene rings is 3. The number of nitro groups is 1. The van der Waals surface area contributed by atoms with E-state index in [2.05, 4.69) is 31.6 Å². The van der Waals surface area contributed by atoms with Crippen LogP contribution in [0.15, 0.2) is 87.5 Å². The summed E-state index contributed by atoms with van der Waals surface area (Å²) in [6, 6.07) is 18.3. The van der Waals surface area contributed by atoms with Gasteiger partial charge < -0.3 is 4.84 Å². The Bertz CT molecular complexity index is 1130. The molecular formula is C20H13BrN4O5. The number of azo groups is 1. The third-order valence-corrected chi connectivity index (χ3v) is 4.47. The molecule has 3 aromatic rings. The topological polar surface area (TPSA) is 123 Å². The Balaban J connectivity index is 1.59. The lowest BCUT2D eigenvalue weighted by Gasteiger charge is -2.06. The maximum atomic E-state index is 12.1. The third-order valence-electron chi connectivity index (χ3n) is 3.78. The molecule has 1 amide bonds. The van der Waals surface area contributed by atoms with E-state index >= 15 is 0 Å². The number of nitrogens with zero attached hydrogens (tertiary/aromatic N) is 3. The van der Waals surface area contributed by atoms with Crippen molar-refractivity contribution in [2.75, 3.05) is 5.48 Å². The summed E-state index contributed by atoms with van der Waals surface area (Å²) >= 11 is 3.28. The monoisotopic (exact) mass is 468 g/mol. The predicted octanol–water partition coefficient (Wildman–Crippen LogP) is 5.47. The van der Waals surface area contributed by atoms with Crippen LogP contribution in [-0.2, 0) is 4.84 Å². The Morgan fingerprint density at radius 1 is 1.00 bits per heavy atom. The van der Waals surface area contributed by atoms with Gasteiger partial charge in [0.15, 0.2) is 0 Å². The van der Waals surface area contributed by atoms with Gasteiger partial charge in [0.1, 0.15) is 0 Å². The van der Waals surface area contributed by atoms with Crippen LogP contribution in [0, 0.1) is 10.1 Å². The quantitative estimate of drug-likeness (QED) is 0.290. The predicted molar refractivity (Wildman–Crippen MR) is 112 cm³/mol. The Kier molecular flexibility index (Phi) is 6.60. The Morgan fingerprint density at radius 2 is 1.73 bits per heavy atom. The Hall–Kier alpha value is -3.92. The van der Waals surface area contributed by atoms with Gasteiger partial charge in [0.25, 0.3) is 11.6 Å². The zero-order valence-electron chi connectivity index (χ0n) is 15.2. The van der Waals surface area contributed by atoms with E-state index < -0.39 is 16.8 Å². The number of carbonyl (C=O) groups excluding carboxylic acids is 2. The van der Waals surface area contributed by atoms with Crippen LogP contribution < -0.4 is 5.48 Å². The number of halogens is 1. The van der Waals surface area contributed by atoms with Gasteiger partial charge in [0.05, 0.1) is 27.4 Å². The minimum atomic E-state index is -0.776. The molecule has 30 heavy (non-hydrogen) atoms. The number of rotatable bonds is 6. The zero-order chi connectivity index (χ0) is 21.5. The molecule has 0 saturated heterocycles. The highest BCUT2D eigenvalue weighted by molar-refractivity contribution is 9.10. The average molecular weight is 469 g/mol. The molecule has 10 heteroatoms. The largest absolute Gasteiger partial charge is 0.363 e. The molecule has 0 aliphatic carbocycles. The molecular weight excluding hydrogens is 456 g/mol. The van der Waals surface area contributed by atoms with Gasteiger partial charge in [-0.3, -0.25) is 14.9 Å². The smallest absolute Gasteiger partial charge is 0.338 e. The summed E-state index contributed by atoms with van der Waals surface area (Å²) in [6.45, 7) is 0. The summed E-state index contributed by atoms with van der Waals surface area (Å²) < 4.78 is 0.624. The first kappa shape index (κ1) is 20.8.